The summed E-state index contributed by atoms with van der Waals surface area (Å²) < 4.78 is 0. The molecule has 0 bridgehead atoms. The summed E-state index contributed by atoms with van der Waals surface area (Å²) in [5, 5.41) is 2.81. The number of likely N-dealkylation sites (tertiary alicyclic amines) is 1. The average Bonchev–Trinajstić information content (AvgIpc) is 2.64. The Bertz CT molecular complexity index is 932. The molecule has 0 atom stereocenters. The number of aromatic nitrogens is 1. The van der Waals surface area contributed by atoms with Crippen LogP contribution in [0.25, 0.3) is 21.9 Å². The number of hydrogen-bond donors (Lipinski definition) is 2. The molecule has 4 rings (SSSR count). The highest BCUT2D eigenvalue weighted by molar-refractivity contribution is 6.30. The lowest BCUT2D eigenvalue weighted by Gasteiger charge is -2.30. The molecule has 3 aromatic rings. The zero-order valence-electron chi connectivity index (χ0n) is 14.7. The van der Waals surface area contributed by atoms with Gasteiger partial charge in [-0.05, 0) is 60.6 Å². The van der Waals surface area contributed by atoms with E-state index in [4.69, 9.17) is 23.1 Å². The largest absolute Gasteiger partial charge is 0.383 e. The van der Waals surface area contributed by atoms with Crippen LogP contribution in [-0.2, 0) is 6.54 Å². The van der Waals surface area contributed by atoms with Gasteiger partial charge in [0.15, 0.2) is 0 Å². The molecule has 4 nitrogen and oxygen atoms in total. The molecule has 2 aromatic carbocycles. The number of fused-ring (bicyclic) bond motifs is 1. The summed E-state index contributed by atoms with van der Waals surface area (Å²) in [5.41, 5.74) is 15.5. The summed E-state index contributed by atoms with van der Waals surface area (Å²) in [4.78, 5) is 6.84. The average molecular weight is 367 g/mol. The Balaban J connectivity index is 1.72. The van der Waals surface area contributed by atoms with E-state index in [1.807, 2.05) is 24.4 Å². The summed E-state index contributed by atoms with van der Waals surface area (Å²) in [6.45, 7) is 3.04. The van der Waals surface area contributed by atoms with E-state index in [-0.39, 0.29) is 0 Å². The van der Waals surface area contributed by atoms with Crippen molar-refractivity contribution in [1.29, 1.82) is 0 Å². The highest BCUT2D eigenvalue weighted by Crippen LogP contribution is 2.32. The van der Waals surface area contributed by atoms with E-state index in [2.05, 4.69) is 34.1 Å². The van der Waals surface area contributed by atoms with Crippen molar-refractivity contribution in [2.75, 3.05) is 18.8 Å². The van der Waals surface area contributed by atoms with Crippen molar-refractivity contribution in [3.8, 4) is 11.1 Å². The predicted octanol–water partition coefficient (Wildman–Crippen LogP) is 4.06. The molecule has 0 saturated carbocycles. The number of hydrogen-bond acceptors (Lipinski definition) is 4. The molecule has 26 heavy (non-hydrogen) atoms. The smallest absolute Gasteiger partial charge is 0.131 e. The number of nitrogen functional groups attached to an aromatic ring is 1. The number of pyridine rings is 1. The van der Waals surface area contributed by atoms with Gasteiger partial charge in [0.2, 0.25) is 0 Å². The van der Waals surface area contributed by atoms with Gasteiger partial charge in [0.05, 0.1) is 0 Å². The lowest BCUT2D eigenvalue weighted by molar-refractivity contribution is 0.206. The Morgan fingerprint density at radius 2 is 1.88 bits per heavy atom. The van der Waals surface area contributed by atoms with Gasteiger partial charge < -0.3 is 11.5 Å². The van der Waals surface area contributed by atoms with Crippen LogP contribution in [0.15, 0.2) is 48.7 Å². The minimum Gasteiger partial charge on any atom is -0.383 e. The summed E-state index contributed by atoms with van der Waals surface area (Å²) in [5.74, 6) is 0.557. The fourth-order valence-electron chi connectivity index (χ4n) is 3.66. The molecular weight excluding hydrogens is 344 g/mol. The summed E-state index contributed by atoms with van der Waals surface area (Å²) in [6, 6.07) is 14.7. The van der Waals surface area contributed by atoms with Crippen LogP contribution < -0.4 is 11.5 Å². The van der Waals surface area contributed by atoms with E-state index >= 15 is 0 Å². The van der Waals surface area contributed by atoms with Gasteiger partial charge in [0, 0.05) is 34.8 Å². The standard InChI is InChI=1S/C21H23ClN4/c22-16-3-1-2-15(11-16)20-12-25-21(24)18-5-4-14(10-19(18)20)13-26-8-6-17(23)7-9-26/h1-5,10-12,17H,6-9,13,23H2,(H2,24,25). The fourth-order valence-corrected chi connectivity index (χ4v) is 3.85. The molecule has 5 heteroatoms. The van der Waals surface area contributed by atoms with Crippen molar-refractivity contribution in [3.05, 3.63) is 59.2 Å². The summed E-state index contributed by atoms with van der Waals surface area (Å²) in [7, 11) is 0. The number of nitrogens with two attached hydrogens (primary N) is 2. The molecule has 0 radical (unpaired) electrons. The first-order valence-electron chi connectivity index (χ1n) is 9.01. The minimum absolute atomic E-state index is 0.350. The van der Waals surface area contributed by atoms with E-state index in [0.717, 1.165) is 54.4 Å². The Hall–Kier alpha value is -2.14. The monoisotopic (exact) mass is 366 g/mol. The molecule has 2 heterocycles. The summed E-state index contributed by atoms with van der Waals surface area (Å²) >= 11 is 6.19. The van der Waals surface area contributed by atoms with E-state index in [9.17, 15) is 0 Å². The number of halogens is 1. The molecule has 0 unspecified atom stereocenters. The lowest BCUT2D eigenvalue weighted by Crippen LogP contribution is -2.39. The summed E-state index contributed by atoms with van der Waals surface area (Å²) in [6.07, 6.45) is 3.98. The molecule has 1 aromatic heterocycles. The maximum absolute atomic E-state index is 6.19. The van der Waals surface area contributed by atoms with Crippen molar-refractivity contribution in [2.24, 2.45) is 5.73 Å². The van der Waals surface area contributed by atoms with Gasteiger partial charge in [0.1, 0.15) is 5.82 Å². The molecule has 0 amide bonds. The topological polar surface area (TPSA) is 68.2 Å². The zero-order chi connectivity index (χ0) is 18.1. The van der Waals surface area contributed by atoms with Crippen LogP contribution >= 0.6 is 11.6 Å². The Morgan fingerprint density at radius 3 is 2.65 bits per heavy atom. The van der Waals surface area contributed by atoms with E-state index in [0.29, 0.717) is 16.9 Å². The van der Waals surface area contributed by atoms with Crippen molar-refractivity contribution in [1.82, 2.24) is 9.88 Å². The maximum atomic E-state index is 6.19. The molecule has 0 spiro atoms. The first-order valence-corrected chi connectivity index (χ1v) is 9.39. The normalized spacial score (nSPS) is 16.2. The molecule has 1 saturated heterocycles. The Morgan fingerprint density at radius 1 is 1.08 bits per heavy atom. The van der Waals surface area contributed by atoms with Crippen LogP contribution in [0, 0.1) is 0 Å². The van der Waals surface area contributed by atoms with Gasteiger partial charge in [-0.3, -0.25) is 4.90 Å². The number of anilines is 1. The van der Waals surface area contributed by atoms with E-state index in [1.165, 1.54) is 5.56 Å². The number of benzene rings is 2. The van der Waals surface area contributed by atoms with Gasteiger partial charge in [-0.15, -0.1) is 0 Å². The maximum Gasteiger partial charge on any atom is 0.131 e. The van der Waals surface area contributed by atoms with Crippen LogP contribution in [-0.4, -0.2) is 29.0 Å². The third-order valence-electron chi connectivity index (χ3n) is 5.16. The van der Waals surface area contributed by atoms with Crippen molar-refractivity contribution in [2.45, 2.75) is 25.4 Å². The molecule has 1 fully saturated rings. The van der Waals surface area contributed by atoms with Crippen LogP contribution in [0.3, 0.4) is 0 Å². The Labute approximate surface area is 158 Å². The van der Waals surface area contributed by atoms with Gasteiger partial charge >= 0.3 is 0 Å². The van der Waals surface area contributed by atoms with E-state index in [1.54, 1.807) is 0 Å². The highest BCUT2D eigenvalue weighted by atomic mass is 35.5. The molecule has 1 aliphatic rings. The second-order valence-corrected chi connectivity index (χ2v) is 7.50. The van der Waals surface area contributed by atoms with Crippen LogP contribution in [0.4, 0.5) is 5.82 Å². The highest BCUT2D eigenvalue weighted by Gasteiger charge is 2.16. The molecule has 0 aliphatic carbocycles. The second kappa shape index (κ2) is 7.23. The van der Waals surface area contributed by atoms with Crippen molar-refractivity contribution >= 4 is 28.2 Å². The SMILES string of the molecule is Nc1ncc(-c2cccc(Cl)c2)c2cc(CN3CCC(N)CC3)ccc12. The number of rotatable bonds is 3. The lowest BCUT2D eigenvalue weighted by atomic mass is 9.98. The predicted molar refractivity (Wildman–Crippen MR) is 109 cm³/mol. The molecule has 1 aliphatic heterocycles. The number of piperidine rings is 1. The van der Waals surface area contributed by atoms with Crippen LogP contribution in [0.5, 0.6) is 0 Å². The first-order chi connectivity index (χ1) is 12.6. The Kier molecular flexibility index (Phi) is 4.81. The third-order valence-corrected chi connectivity index (χ3v) is 5.39. The van der Waals surface area contributed by atoms with Gasteiger partial charge in [-0.2, -0.15) is 0 Å². The minimum atomic E-state index is 0.350. The van der Waals surface area contributed by atoms with Gasteiger partial charge in [-0.1, -0.05) is 35.9 Å². The van der Waals surface area contributed by atoms with Gasteiger partial charge in [-0.25, -0.2) is 4.98 Å². The number of nitrogens with zero attached hydrogens (tertiary/aromatic N) is 2. The quantitative estimate of drug-likeness (QED) is 0.733. The zero-order valence-corrected chi connectivity index (χ0v) is 15.4. The van der Waals surface area contributed by atoms with Crippen LogP contribution in [0.1, 0.15) is 18.4 Å². The van der Waals surface area contributed by atoms with Crippen molar-refractivity contribution < 1.29 is 0 Å². The van der Waals surface area contributed by atoms with Gasteiger partial charge in [0.25, 0.3) is 0 Å². The van der Waals surface area contributed by atoms with Crippen molar-refractivity contribution in [3.63, 3.8) is 0 Å². The molecular formula is C21H23ClN4. The first kappa shape index (κ1) is 17.3. The van der Waals surface area contributed by atoms with Crippen LogP contribution in [0.2, 0.25) is 5.02 Å². The molecule has 134 valence electrons. The second-order valence-electron chi connectivity index (χ2n) is 7.06. The van der Waals surface area contributed by atoms with E-state index < -0.39 is 0 Å². The molecule has 4 N–H and O–H groups in total. The third kappa shape index (κ3) is 3.54. The fraction of sp³-hybridized carbons (Fsp3) is 0.286.